The van der Waals surface area contributed by atoms with Crippen molar-refractivity contribution in [1.82, 2.24) is 8.61 Å². The first kappa shape index (κ1) is 45.6. The quantitative estimate of drug-likeness (QED) is 0.0782. The normalized spacial score (nSPS) is 14.6. The van der Waals surface area contributed by atoms with Gasteiger partial charge in [-0.3, -0.25) is 9.59 Å². The summed E-state index contributed by atoms with van der Waals surface area (Å²) in [5, 5.41) is 46.2. The number of ketones is 2. The molecule has 0 heterocycles. The largest absolute Gasteiger partial charge is 0.395 e. The second-order valence-corrected chi connectivity index (χ2v) is 18.9. The van der Waals surface area contributed by atoms with E-state index in [1.807, 2.05) is 0 Å². The van der Waals surface area contributed by atoms with Crippen molar-refractivity contribution in [3.63, 3.8) is 0 Å². The molecule has 3 atom stereocenters. The molecule has 59 heavy (non-hydrogen) atoms. The summed E-state index contributed by atoms with van der Waals surface area (Å²) in [6.07, 6.45) is 0. The summed E-state index contributed by atoms with van der Waals surface area (Å²) in [5.74, 6) is -0.927. The lowest BCUT2D eigenvalue weighted by atomic mass is 9.82. The number of carbonyl (C=O) groups excluding carboxylic acids is 2. The molecule has 1 aliphatic rings. The molecule has 3 unspecified atom stereocenters. The van der Waals surface area contributed by atoms with E-state index in [1.54, 1.807) is 104 Å². The van der Waals surface area contributed by atoms with Crippen LogP contribution in [0, 0.1) is 41.5 Å². The lowest BCUT2D eigenvalue weighted by Crippen LogP contribution is -2.48. The van der Waals surface area contributed by atoms with Gasteiger partial charge in [-0.1, -0.05) is 36.4 Å². The van der Waals surface area contributed by atoms with Crippen molar-refractivity contribution in [2.75, 3.05) is 43.6 Å². The maximum Gasteiger partial charge on any atom is 0.244 e. The lowest BCUT2D eigenvalue weighted by Gasteiger charge is -2.33. The number of anilines is 4. The Kier molecular flexibility index (Phi) is 13.6. The van der Waals surface area contributed by atoms with E-state index in [4.69, 9.17) is 0 Å². The molecule has 0 saturated carbocycles. The number of benzene rings is 4. The van der Waals surface area contributed by atoms with Crippen LogP contribution in [0.5, 0.6) is 0 Å². The highest BCUT2D eigenvalue weighted by Gasteiger charge is 2.38. The molecule has 0 aromatic heterocycles. The van der Waals surface area contributed by atoms with E-state index in [0.29, 0.717) is 44.8 Å². The number of fused-ring (bicyclic) bond motifs is 2. The van der Waals surface area contributed by atoms with Gasteiger partial charge in [-0.05, 0) is 108 Å². The predicted octanol–water partition coefficient (Wildman–Crippen LogP) is 4.92. The number of aliphatic hydroxyl groups is 4. The van der Waals surface area contributed by atoms with Crippen molar-refractivity contribution in [2.45, 2.75) is 90.2 Å². The van der Waals surface area contributed by atoms with Crippen molar-refractivity contribution >= 4 is 54.4 Å². The molecule has 0 bridgehead atoms. The van der Waals surface area contributed by atoms with Gasteiger partial charge in [0.2, 0.25) is 20.0 Å². The molecule has 0 fully saturated rings. The molecular weight excluding hydrogens is 797 g/mol. The van der Waals surface area contributed by atoms with Crippen molar-refractivity contribution < 1.29 is 46.9 Å². The Morgan fingerprint density at radius 3 is 1.34 bits per heavy atom. The van der Waals surface area contributed by atoms with Gasteiger partial charge in [-0.25, -0.2) is 16.8 Å². The van der Waals surface area contributed by atoms with Gasteiger partial charge in [0.1, 0.15) is 0 Å². The van der Waals surface area contributed by atoms with Gasteiger partial charge in [0.15, 0.2) is 11.6 Å². The zero-order valence-electron chi connectivity index (χ0n) is 34.8. The molecule has 14 nitrogen and oxygen atoms in total. The van der Waals surface area contributed by atoms with Crippen LogP contribution in [0.1, 0.15) is 86.0 Å². The minimum Gasteiger partial charge on any atom is -0.395 e. The minimum atomic E-state index is -4.30. The highest BCUT2D eigenvalue weighted by atomic mass is 32.2. The Morgan fingerprint density at radius 2 is 0.966 bits per heavy atom. The van der Waals surface area contributed by atoms with Crippen LogP contribution in [-0.2, 0) is 20.0 Å². The lowest BCUT2D eigenvalue weighted by molar-refractivity contribution is 0.0980. The molecule has 4 aromatic carbocycles. The first-order chi connectivity index (χ1) is 27.7. The van der Waals surface area contributed by atoms with Crippen LogP contribution in [0.15, 0.2) is 58.3 Å². The summed E-state index contributed by atoms with van der Waals surface area (Å²) in [7, 11) is -8.56. The minimum absolute atomic E-state index is 0.0214. The number of nitrogens with zero attached hydrogens (tertiary/aromatic N) is 2. The Balaban J connectivity index is 1.73. The van der Waals surface area contributed by atoms with Crippen LogP contribution in [0.3, 0.4) is 0 Å². The molecule has 1 aliphatic carbocycles. The van der Waals surface area contributed by atoms with Crippen LogP contribution >= 0.6 is 0 Å². The Morgan fingerprint density at radius 1 is 0.576 bits per heavy atom. The highest BCUT2D eigenvalue weighted by Crippen LogP contribution is 2.43. The molecule has 0 radical (unpaired) electrons. The number of aryl methyl sites for hydroxylation is 4. The van der Waals surface area contributed by atoms with Crippen molar-refractivity contribution in [1.29, 1.82) is 0 Å². The van der Waals surface area contributed by atoms with E-state index in [9.17, 15) is 46.9 Å². The van der Waals surface area contributed by atoms with Crippen molar-refractivity contribution in [3.05, 3.63) is 104 Å². The zero-order chi connectivity index (χ0) is 43.9. The van der Waals surface area contributed by atoms with Gasteiger partial charge in [-0.15, -0.1) is 0 Å². The average Bonchev–Trinajstić information content (AvgIpc) is 3.18. The molecule has 5 rings (SSSR count). The SMILES string of the molecule is Cc1cc(C)c(S(=O)(=O)N(CCO)C(C)CO)c(C)c1Nc1ccc(Nc2c(C)cc(C)c(S(=O)(=O)N(C(C)CO)C(C)CO)c2C)c2c1C(=O)c1ccccc1C2=O. The monoisotopic (exact) mass is 850 g/mol. The van der Waals surface area contributed by atoms with Crippen LogP contribution < -0.4 is 10.6 Å². The van der Waals surface area contributed by atoms with Gasteiger partial charge in [0.05, 0.1) is 58.7 Å². The zero-order valence-corrected chi connectivity index (χ0v) is 36.5. The molecule has 6 N–H and O–H groups in total. The number of hydrogen-bond acceptors (Lipinski definition) is 12. The van der Waals surface area contributed by atoms with E-state index in [0.717, 1.165) is 8.61 Å². The van der Waals surface area contributed by atoms with Gasteiger partial charge in [0.25, 0.3) is 0 Å². The first-order valence-electron chi connectivity index (χ1n) is 19.3. The molecule has 0 saturated heterocycles. The van der Waals surface area contributed by atoms with Crippen LogP contribution in [-0.4, -0.2) is 109 Å². The predicted molar refractivity (Wildman–Crippen MR) is 227 cm³/mol. The summed E-state index contributed by atoms with van der Waals surface area (Å²) in [6.45, 7) is 12.6. The second-order valence-electron chi connectivity index (χ2n) is 15.3. The smallest absolute Gasteiger partial charge is 0.244 e. The average molecular weight is 851 g/mol. The van der Waals surface area contributed by atoms with Gasteiger partial charge in [-0.2, -0.15) is 8.61 Å². The second kappa shape index (κ2) is 17.6. The third kappa shape index (κ3) is 8.08. The van der Waals surface area contributed by atoms with E-state index in [2.05, 4.69) is 10.6 Å². The number of sulfonamides is 2. The molecular formula is C43H54N4O10S2. The van der Waals surface area contributed by atoms with Crippen LogP contribution in [0.2, 0.25) is 0 Å². The maximum absolute atomic E-state index is 14.5. The molecule has 4 aromatic rings. The number of rotatable bonds is 16. The van der Waals surface area contributed by atoms with Crippen LogP contribution in [0.4, 0.5) is 22.7 Å². The van der Waals surface area contributed by atoms with Crippen molar-refractivity contribution in [2.24, 2.45) is 0 Å². The standard InChI is InChI=1S/C43H54N4O10S2/c1-23-18-25(3)42(58(54,55)46(16-17-48)27(5)20-49)30(8)38(23)44-34-14-15-35(37-36(34)40(52)32-12-10-11-13-33(32)41(37)53)45-39-24(2)19-26(4)43(31(39)9)59(56,57)47(28(6)21-50)29(7)22-51/h10-15,18-19,27-29,44-45,48-51H,16-17,20-22H2,1-9H3. The van der Waals surface area contributed by atoms with Gasteiger partial charge in [0, 0.05) is 47.2 Å². The first-order valence-corrected chi connectivity index (χ1v) is 22.2. The molecule has 0 spiro atoms. The maximum atomic E-state index is 14.5. The summed E-state index contributed by atoms with van der Waals surface area (Å²) < 4.78 is 59.2. The van der Waals surface area contributed by atoms with Gasteiger partial charge >= 0.3 is 0 Å². The third-order valence-electron chi connectivity index (χ3n) is 11.0. The summed E-state index contributed by atoms with van der Waals surface area (Å²) in [4.78, 5) is 29.0. The molecule has 16 heteroatoms. The Hall–Kier alpha value is -4.52. The third-order valence-corrected chi connectivity index (χ3v) is 15.7. The summed E-state index contributed by atoms with van der Waals surface area (Å²) >= 11 is 0. The summed E-state index contributed by atoms with van der Waals surface area (Å²) in [6, 6.07) is 10.5. The Labute approximate surface area is 346 Å². The molecule has 0 amide bonds. The molecule has 318 valence electrons. The summed E-state index contributed by atoms with van der Waals surface area (Å²) in [5.41, 5.74) is 4.38. The molecule has 0 aliphatic heterocycles. The van der Waals surface area contributed by atoms with Crippen LogP contribution in [0.25, 0.3) is 0 Å². The number of nitrogens with one attached hydrogen (secondary N) is 2. The van der Waals surface area contributed by atoms with E-state index in [-0.39, 0.29) is 50.0 Å². The Bertz CT molecular complexity index is 2530. The van der Waals surface area contributed by atoms with Gasteiger partial charge < -0.3 is 31.1 Å². The van der Waals surface area contributed by atoms with Crippen molar-refractivity contribution in [3.8, 4) is 0 Å². The van der Waals surface area contributed by atoms with E-state index in [1.165, 1.54) is 6.92 Å². The number of hydrogen-bond donors (Lipinski definition) is 6. The number of carbonyl (C=O) groups is 2. The highest BCUT2D eigenvalue weighted by molar-refractivity contribution is 7.89. The van der Waals surface area contributed by atoms with E-state index < -0.39 is 76.2 Å². The topological polar surface area (TPSA) is 214 Å². The number of aliphatic hydroxyl groups excluding tert-OH is 4. The fourth-order valence-electron chi connectivity index (χ4n) is 8.27. The fraction of sp³-hybridized carbons (Fsp3) is 0.395. The fourth-order valence-corrected chi connectivity index (χ4v) is 12.6. The van der Waals surface area contributed by atoms with E-state index >= 15 is 0 Å².